The van der Waals surface area contributed by atoms with E-state index in [0.29, 0.717) is 30.7 Å². The van der Waals surface area contributed by atoms with Gasteiger partial charge < -0.3 is 19.7 Å². The van der Waals surface area contributed by atoms with Crippen LogP contribution in [0.1, 0.15) is 78.1 Å². The van der Waals surface area contributed by atoms with Crippen LogP contribution in [0.4, 0.5) is 0 Å². The van der Waals surface area contributed by atoms with Crippen molar-refractivity contribution in [1.29, 1.82) is 0 Å². The van der Waals surface area contributed by atoms with Crippen molar-refractivity contribution < 1.29 is 14.6 Å². The number of hydrogen-bond donors (Lipinski definition) is 1. The third-order valence-corrected chi connectivity index (χ3v) is 5.10. The first-order chi connectivity index (χ1) is 13.8. The molecule has 0 aliphatic rings. The van der Waals surface area contributed by atoms with Crippen LogP contribution in [0.2, 0.25) is 0 Å². The molecule has 0 atom stereocenters. The first-order valence-corrected chi connectivity index (χ1v) is 10.6. The Kier molecular flexibility index (Phi) is 8.73. The van der Waals surface area contributed by atoms with Gasteiger partial charge in [0.15, 0.2) is 11.5 Å². The Hall–Kier alpha value is -2.31. The Morgan fingerprint density at radius 1 is 1.07 bits per heavy atom. The number of phenolic OH excluding ortho intramolecular Hbond substituents is 1. The van der Waals surface area contributed by atoms with Gasteiger partial charge in [-0.3, -0.25) is 10.3 Å². The van der Waals surface area contributed by atoms with Crippen LogP contribution >= 0.6 is 0 Å². The van der Waals surface area contributed by atoms with Crippen LogP contribution in [0.5, 0.6) is 17.2 Å². The van der Waals surface area contributed by atoms with Crippen molar-refractivity contribution in [1.82, 2.24) is 20.6 Å². The third kappa shape index (κ3) is 7.22. The lowest BCUT2D eigenvalue weighted by Crippen LogP contribution is -2.20. The molecular weight excluding hydrogens is 368 g/mol. The van der Waals surface area contributed by atoms with E-state index in [1.54, 1.807) is 6.07 Å². The van der Waals surface area contributed by atoms with Gasteiger partial charge in [-0.1, -0.05) is 47.5 Å². The molecule has 2 aromatic rings. The summed E-state index contributed by atoms with van der Waals surface area (Å²) in [5.74, 6) is 2.69. The number of benzene rings is 1. The number of aromatic hydroxyl groups is 1. The fourth-order valence-corrected chi connectivity index (χ4v) is 3.08. The maximum absolute atomic E-state index is 10.3. The van der Waals surface area contributed by atoms with E-state index in [1.807, 2.05) is 6.07 Å². The third-order valence-electron chi connectivity index (χ3n) is 5.10. The molecule has 1 aromatic carbocycles. The molecule has 0 spiro atoms. The molecule has 0 fully saturated rings. The first-order valence-electron chi connectivity index (χ1n) is 10.6. The van der Waals surface area contributed by atoms with Gasteiger partial charge in [0.2, 0.25) is 0 Å². The Labute approximate surface area is 174 Å². The molecule has 0 bridgehead atoms. The van der Waals surface area contributed by atoms with Crippen LogP contribution in [0.15, 0.2) is 12.1 Å². The molecular formula is C22H35N4O3-. The molecule has 0 aliphatic heterocycles. The van der Waals surface area contributed by atoms with Gasteiger partial charge in [0.25, 0.3) is 0 Å². The maximum atomic E-state index is 10.3. The van der Waals surface area contributed by atoms with E-state index < -0.39 is 0 Å². The highest BCUT2D eigenvalue weighted by Gasteiger charge is 2.19. The molecule has 0 radical (unpaired) electrons. The lowest BCUT2D eigenvalue weighted by atomic mass is 9.86. The van der Waals surface area contributed by atoms with Gasteiger partial charge in [0.1, 0.15) is 5.75 Å². The molecule has 1 aromatic heterocycles. The summed E-state index contributed by atoms with van der Waals surface area (Å²) in [6.45, 7) is 11.8. The van der Waals surface area contributed by atoms with Gasteiger partial charge in [0, 0.05) is 11.9 Å². The molecule has 1 N–H and O–H groups in total. The molecule has 7 nitrogen and oxygen atoms in total. The number of aryl methyl sites for hydroxylation is 1. The summed E-state index contributed by atoms with van der Waals surface area (Å²) in [7, 11) is 0. The summed E-state index contributed by atoms with van der Waals surface area (Å²) >= 11 is 0. The second-order valence-electron chi connectivity index (χ2n) is 8.56. The molecule has 29 heavy (non-hydrogen) atoms. The van der Waals surface area contributed by atoms with E-state index in [2.05, 4.69) is 55.2 Å². The van der Waals surface area contributed by atoms with E-state index in [9.17, 15) is 5.11 Å². The first kappa shape index (κ1) is 23.0. The SMILES string of the molecule is CCc1cc(OCCC(C)C)c(O)cc1OCCCCCC(C)(C)c1nnn[n-]1. The summed E-state index contributed by atoms with van der Waals surface area (Å²) in [6.07, 6.45) is 5.82. The highest BCUT2D eigenvalue weighted by molar-refractivity contribution is 5.50. The van der Waals surface area contributed by atoms with Gasteiger partial charge in [-0.05, 0) is 48.6 Å². The lowest BCUT2D eigenvalue weighted by Gasteiger charge is -2.24. The number of phenols is 1. The minimum absolute atomic E-state index is 0.114. The number of ether oxygens (including phenoxy) is 2. The minimum Gasteiger partial charge on any atom is -0.504 e. The predicted octanol–water partition coefficient (Wildman–Crippen LogP) is 4.44. The van der Waals surface area contributed by atoms with E-state index in [1.165, 1.54) is 0 Å². The van der Waals surface area contributed by atoms with E-state index >= 15 is 0 Å². The lowest BCUT2D eigenvalue weighted by molar-refractivity contribution is 0.271. The van der Waals surface area contributed by atoms with Crippen LogP contribution in [-0.2, 0) is 11.8 Å². The number of tetrazole rings is 1. The topological polar surface area (TPSA) is 91.5 Å². The van der Waals surface area contributed by atoms with Gasteiger partial charge >= 0.3 is 0 Å². The smallest absolute Gasteiger partial charge is 0.161 e. The number of unbranched alkanes of at least 4 members (excludes halogenated alkanes) is 2. The molecule has 7 heteroatoms. The summed E-state index contributed by atoms with van der Waals surface area (Å²) in [5, 5.41) is 25.4. The van der Waals surface area contributed by atoms with Gasteiger partial charge in [-0.2, -0.15) is 5.21 Å². The summed E-state index contributed by atoms with van der Waals surface area (Å²) in [5.41, 5.74) is 0.938. The van der Waals surface area contributed by atoms with Crippen molar-refractivity contribution in [2.75, 3.05) is 13.2 Å². The van der Waals surface area contributed by atoms with Crippen molar-refractivity contribution in [2.24, 2.45) is 5.92 Å². The molecule has 2 rings (SSSR count). The van der Waals surface area contributed by atoms with E-state index in [0.717, 1.165) is 49.8 Å². The van der Waals surface area contributed by atoms with Crippen LogP contribution in [0.3, 0.4) is 0 Å². The Morgan fingerprint density at radius 3 is 2.48 bits per heavy atom. The van der Waals surface area contributed by atoms with Crippen molar-refractivity contribution >= 4 is 0 Å². The van der Waals surface area contributed by atoms with Gasteiger partial charge in [0.05, 0.1) is 13.2 Å². The van der Waals surface area contributed by atoms with Crippen molar-refractivity contribution in [2.45, 2.75) is 78.6 Å². The fraction of sp³-hybridized carbons (Fsp3) is 0.682. The van der Waals surface area contributed by atoms with Crippen molar-refractivity contribution in [3.63, 3.8) is 0 Å². The predicted molar refractivity (Wildman–Crippen MR) is 113 cm³/mol. The number of nitrogens with zero attached hydrogens (tertiary/aromatic N) is 4. The largest absolute Gasteiger partial charge is 0.504 e. The molecule has 0 aliphatic carbocycles. The molecule has 0 saturated carbocycles. The van der Waals surface area contributed by atoms with E-state index in [-0.39, 0.29) is 11.2 Å². The molecule has 1 heterocycles. The fourth-order valence-electron chi connectivity index (χ4n) is 3.08. The second-order valence-corrected chi connectivity index (χ2v) is 8.56. The normalized spacial score (nSPS) is 11.8. The molecule has 0 saturated heterocycles. The van der Waals surface area contributed by atoms with Crippen LogP contribution < -0.4 is 14.6 Å². The van der Waals surface area contributed by atoms with Crippen molar-refractivity contribution in [3.05, 3.63) is 23.5 Å². The van der Waals surface area contributed by atoms with Gasteiger partial charge in [-0.15, -0.1) is 0 Å². The summed E-state index contributed by atoms with van der Waals surface area (Å²) in [4.78, 5) is 0. The highest BCUT2D eigenvalue weighted by atomic mass is 16.5. The zero-order valence-corrected chi connectivity index (χ0v) is 18.4. The van der Waals surface area contributed by atoms with Crippen molar-refractivity contribution in [3.8, 4) is 17.2 Å². The standard InChI is InChI=1S/C22H35N4O3/c1-6-17-14-20(29-13-10-16(2)3)18(27)15-19(17)28-12-9-7-8-11-22(4,5)21-23-25-26-24-21/h14-16H,6-13H2,1-5H3,(H-,23,24,25,26,27)/q-1. The molecule has 0 amide bonds. The second kappa shape index (κ2) is 11.0. The Bertz CT molecular complexity index is 730. The zero-order chi connectivity index (χ0) is 21.3. The maximum Gasteiger partial charge on any atom is 0.161 e. The van der Waals surface area contributed by atoms with Crippen LogP contribution in [0.25, 0.3) is 0 Å². The van der Waals surface area contributed by atoms with E-state index in [4.69, 9.17) is 9.47 Å². The minimum atomic E-state index is -0.114. The Morgan fingerprint density at radius 2 is 1.83 bits per heavy atom. The number of aromatic nitrogens is 4. The number of hydrogen-bond acceptors (Lipinski definition) is 6. The van der Waals surface area contributed by atoms with Gasteiger partial charge in [-0.25, -0.2) is 0 Å². The molecule has 162 valence electrons. The summed E-state index contributed by atoms with van der Waals surface area (Å²) in [6, 6.07) is 3.58. The highest BCUT2D eigenvalue weighted by Crippen LogP contribution is 2.35. The van der Waals surface area contributed by atoms with Crippen LogP contribution in [-0.4, -0.2) is 33.8 Å². The zero-order valence-electron chi connectivity index (χ0n) is 18.4. The number of rotatable bonds is 13. The van der Waals surface area contributed by atoms with Crippen LogP contribution in [0, 0.1) is 5.92 Å². The monoisotopic (exact) mass is 403 g/mol. The average Bonchev–Trinajstić information content (AvgIpc) is 3.21. The molecule has 0 unspecified atom stereocenters. The quantitative estimate of drug-likeness (QED) is 0.494. The average molecular weight is 404 g/mol. The Balaban J connectivity index is 1.77. The summed E-state index contributed by atoms with van der Waals surface area (Å²) < 4.78 is 11.7.